The van der Waals surface area contributed by atoms with Crippen LogP contribution < -0.4 is 5.01 Å². The molecule has 0 saturated carbocycles. The smallest absolute Gasteiger partial charge is 0.322 e. The van der Waals surface area contributed by atoms with Crippen LogP contribution in [0, 0.1) is 0 Å². The zero-order valence-corrected chi connectivity index (χ0v) is 19.4. The number of carbonyl (C=O) groups excluding carboxylic acids is 3. The van der Waals surface area contributed by atoms with E-state index in [1.54, 1.807) is 23.9 Å². The molecule has 0 N–H and O–H groups in total. The monoisotopic (exact) mass is 452 g/mol. The molecular formula is C26H32N2O5. The highest BCUT2D eigenvalue weighted by molar-refractivity contribution is 5.94. The Morgan fingerprint density at radius 3 is 2.39 bits per heavy atom. The lowest BCUT2D eigenvalue weighted by atomic mass is 9.95. The first-order chi connectivity index (χ1) is 16.0. The SMILES string of the molecule is CCOC(=O)CN(CCC(C(=O)OCC)c1ccccc1)N1C(=O)CCCc2ccccc21. The number of hydrazine groups is 1. The number of hydrogen-bond acceptors (Lipinski definition) is 6. The maximum Gasteiger partial charge on any atom is 0.322 e. The van der Waals surface area contributed by atoms with Gasteiger partial charge in [0.05, 0.1) is 24.8 Å². The van der Waals surface area contributed by atoms with Crippen LogP contribution >= 0.6 is 0 Å². The van der Waals surface area contributed by atoms with Crippen molar-refractivity contribution in [2.75, 3.05) is 31.3 Å². The first-order valence-electron chi connectivity index (χ1n) is 11.6. The largest absolute Gasteiger partial charge is 0.466 e. The van der Waals surface area contributed by atoms with Crippen molar-refractivity contribution in [2.45, 2.75) is 45.4 Å². The van der Waals surface area contributed by atoms with E-state index in [0.29, 0.717) is 19.4 Å². The van der Waals surface area contributed by atoms with E-state index in [0.717, 1.165) is 29.7 Å². The van der Waals surface area contributed by atoms with E-state index in [4.69, 9.17) is 9.47 Å². The van der Waals surface area contributed by atoms with Crippen LogP contribution in [0.1, 0.15) is 50.2 Å². The second-order valence-corrected chi connectivity index (χ2v) is 7.88. The number of esters is 2. The average Bonchev–Trinajstić information content (AvgIpc) is 2.97. The van der Waals surface area contributed by atoms with E-state index < -0.39 is 11.9 Å². The Morgan fingerprint density at radius 2 is 1.67 bits per heavy atom. The third-order valence-electron chi connectivity index (χ3n) is 5.64. The number of nitrogens with zero attached hydrogens (tertiary/aromatic N) is 2. The molecule has 1 heterocycles. The number of hydrogen-bond donors (Lipinski definition) is 0. The second-order valence-electron chi connectivity index (χ2n) is 7.88. The van der Waals surface area contributed by atoms with E-state index in [2.05, 4.69) is 0 Å². The Morgan fingerprint density at radius 1 is 0.970 bits per heavy atom. The summed E-state index contributed by atoms with van der Waals surface area (Å²) in [5.41, 5.74) is 2.67. The maximum absolute atomic E-state index is 13.1. The zero-order valence-electron chi connectivity index (χ0n) is 19.4. The van der Waals surface area contributed by atoms with E-state index in [9.17, 15) is 14.4 Å². The number of anilines is 1. The van der Waals surface area contributed by atoms with Crippen molar-refractivity contribution in [3.63, 3.8) is 0 Å². The molecule has 2 aromatic rings. The first-order valence-corrected chi connectivity index (χ1v) is 11.6. The van der Waals surface area contributed by atoms with Crippen LogP contribution in [0.4, 0.5) is 5.69 Å². The molecule has 0 aliphatic carbocycles. The molecule has 1 unspecified atom stereocenters. The third kappa shape index (κ3) is 6.42. The van der Waals surface area contributed by atoms with Gasteiger partial charge in [0.15, 0.2) is 0 Å². The van der Waals surface area contributed by atoms with Gasteiger partial charge in [0.25, 0.3) is 0 Å². The Balaban J connectivity index is 1.91. The summed E-state index contributed by atoms with van der Waals surface area (Å²) in [6.45, 7) is 4.29. The lowest BCUT2D eigenvalue weighted by molar-refractivity contribution is -0.145. The van der Waals surface area contributed by atoms with E-state index >= 15 is 0 Å². The van der Waals surface area contributed by atoms with E-state index in [-0.39, 0.29) is 31.6 Å². The lowest BCUT2D eigenvalue weighted by Gasteiger charge is -2.35. The van der Waals surface area contributed by atoms with Crippen molar-refractivity contribution in [3.8, 4) is 0 Å². The van der Waals surface area contributed by atoms with Crippen LogP contribution in [-0.4, -0.2) is 49.2 Å². The van der Waals surface area contributed by atoms with Crippen LogP contribution in [0.5, 0.6) is 0 Å². The van der Waals surface area contributed by atoms with Crippen molar-refractivity contribution in [2.24, 2.45) is 0 Å². The van der Waals surface area contributed by atoms with Crippen molar-refractivity contribution in [1.82, 2.24) is 5.01 Å². The van der Waals surface area contributed by atoms with Crippen molar-refractivity contribution in [1.29, 1.82) is 0 Å². The number of fused-ring (bicyclic) bond motifs is 1. The topological polar surface area (TPSA) is 76.2 Å². The molecule has 0 saturated heterocycles. The molecule has 0 spiro atoms. The number of ether oxygens (including phenoxy) is 2. The standard InChI is InChI=1S/C26H32N2O5/c1-3-32-25(30)19-27(28-23-15-9-8-13-21(23)14-10-16-24(28)29)18-17-22(26(31)33-4-2)20-11-6-5-7-12-20/h5-9,11-13,15,22H,3-4,10,14,16-19H2,1-2H3. The summed E-state index contributed by atoms with van der Waals surface area (Å²) in [5.74, 6) is -1.31. The van der Waals surface area contributed by atoms with Crippen molar-refractivity contribution < 1.29 is 23.9 Å². The normalized spacial score (nSPS) is 14.4. The fourth-order valence-electron chi connectivity index (χ4n) is 4.14. The molecule has 1 amide bonds. The van der Waals surface area contributed by atoms with Gasteiger partial charge < -0.3 is 9.47 Å². The highest BCUT2D eigenvalue weighted by atomic mass is 16.5. The van der Waals surface area contributed by atoms with Gasteiger partial charge in [-0.15, -0.1) is 0 Å². The summed E-state index contributed by atoms with van der Waals surface area (Å²) < 4.78 is 10.5. The fraction of sp³-hybridized carbons (Fsp3) is 0.423. The highest BCUT2D eigenvalue weighted by Crippen LogP contribution is 2.29. The van der Waals surface area contributed by atoms with Gasteiger partial charge in [-0.2, -0.15) is 0 Å². The summed E-state index contributed by atoms with van der Waals surface area (Å²) in [4.78, 5) is 38.4. The molecule has 33 heavy (non-hydrogen) atoms. The minimum Gasteiger partial charge on any atom is -0.466 e. The number of aryl methyl sites for hydroxylation is 1. The van der Waals surface area contributed by atoms with Gasteiger partial charge in [0, 0.05) is 13.0 Å². The van der Waals surface area contributed by atoms with Crippen LogP contribution in [0.2, 0.25) is 0 Å². The molecule has 7 heteroatoms. The van der Waals surface area contributed by atoms with Gasteiger partial charge in [0.2, 0.25) is 5.91 Å². The van der Waals surface area contributed by atoms with Crippen LogP contribution in [-0.2, 0) is 30.3 Å². The molecule has 1 atom stereocenters. The third-order valence-corrected chi connectivity index (χ3v) is 5.64. The van der Waals surface area contributed by atoms with Gasteiger partial charge in [-0.3, -0.25) is 14.4 Å². The predicted molar refractivity (Wildman–Crippen MR) is 126 cm³/mol. The van der Waals surface area contributed by atoms with Gasteiger partial charge in [-0.05, 0) is 50.3 Å². The molecule has 0 radical (unpaired) electrons. The number of amides is 1. The Kier molecular flexibility index (Phi) is 9.01. The predicted octanol–water partition coefficient (Wildman–Crippen LogP) is 3.87. The summed E-state index contributed by atoms with van der Waals surface area (Å²) in [6, 6.07) is 17.2. The molecule has 176 valence electrons. The number of para-hydroxylation sites is 1. The quantitative estimate of drug-likeness (QED) is 0.510. The second kappa shape index (κ2) is 12.2. The molecule has 0 bridgehead atoms. The first kappa shape index (κ1) is 24.5. The van der Waals surface area contributed by atoms with E-state index in [1.165, 1.54) is 0 Å². The molecule has 2 aromatic carbocycles. The molecule has 7 nitrogen and oxygen atoms in total. The summed E-state index contributed by atoms with van der Waals surface area (Å²) in [5, 5.41) is 3.31. The summed E-state index contributed by atoms with van der Waals surface area (Å²) >= 11 is 0. The van der Waals surface area contributed by atoms with Crippen molar-refractivity contribution in [3.05, 3.63) is 65.7 Å². The van der Waals surface area contributed by atoms with Gasteiger partial charge in [-0.1, -0.05) is 48.5 Å². The molecular weight excluding hydrogens is 420 g/mol. The van der Waals surface area contributed by atoms with Crippen LogP contribution in [0.15, 0.2) is 54.6 Å². The number of rotatable bonds is 10. The minimum absolute atomic E-state index is 0.0726. The summed E-state index contributed by atoms with van der Waals surface area (Å²) in [6.07, 6.45) is 2.30. The molecule has 1 aliphatic heterocycles. The fourth-order valence-corrected chi connectivity index (χ4v) is 4.14. The maximum atomic E-state index is 13.1. The highest BCUT2D eigenvalue weighted by Gasteiger charge is 2.31. The average molecular weight is 453 g/mol. The van der Waals surface area contributed by atoms with Gasteiger partial charge in [0.1, 0.15) is 6.54 Å². The lowest BCUT2D eigenvalue weighted by Crippen LogP contribution is -2.50. The number of benzene rings is 2. The zero-order chi connectivity index (χ0) is 23.6. The van der Waals surface area contributed by atoms with E-state index in [1.807, 2.05) is 54.6 Å². The Labute approximate surface area is 195 Å². The molecule has 0 aromatic heterocycles. The Hall–Kier alpha value is -3.19. The molecule has 0 fully saturated rings. The molecule has 1 aliphatic rings. The minimum atomic E-state index is -0.506. The van der Waals surface area contributed by atoms with Crippen LogP contribution in [0.3, 0.4) is 0 Å². The molecule has 3 rings (SSSR count). The summed E-state index contributed by atoms with van der Waals surface area (Å²) in [7, 11) is 0. The van der Waals surface area contributed by atoms with Gasteiger partial charge >= 0.3 is 11.9 Å². The van der Waals surface area contributed by atoms with Crippen molar-refractivity contribution >= 4 is 23.5 Å². The number of carbonyl (C=O) groups is 3. The Bertz CT molecular complexity index is 947. The van der Waals surface area contributed by atoms with Crippen LogP contribution in [0.25, 0.3) is 0 Å². The van der Waals surface area contributed by atoms with Gasteiger partial charge in [-0.25, -0.2) is 10.0 Å².